The maximum atomic E-state index is 13.1. The average Bonchev–Trinajstić information content (AvgIpc) is 2.09. The van der Waals surface area contributed by atoms with Crippen LogP contribution in [0.1, 0.15) is 18.1 Å². The summed E-state index contributed by atoms with van der Waals surface area (Å²) in [6, 6.07) is 4.76. The van der Waals surface area contributed by atoms with Crippen LogP contribution in [0.25, 0.3) is 0 Å². The Morgan fingerprint density at radius 1 is 1.54 bits per heavy atom. The van der Waals surface area contributed by atoms with E-state index in [1.807, 2.05) is 0 Å². The number of aryl methyl sites for hydroxylation is 1. The minimum atomic E-state index is -0.867. The zero-order valence-electron chi connectivity index (χ0n) is 7.84. The van der Waals surface area contributed by atoms with Crippen LogP contribution in [0.2, 0.25) is 0 Å². The van der Waals surface area contributed by atoms with E-state index in [2.05, 4.69) is 0 Å². The van der Waals surface area contributed by atoms with Gasteiger partial charge in [-0.1, -0.05) is 12.1 Å². The first kappa shape index (κ1) is 10.2. The molecule has 72 valence electrons. The Kier molecular flexibility index (Phi) is 2.68. The van der Waals surface area contributed by atoms with Crippen molar-refractivity contribution in [3.05, 3.63) is 35.1 Å². The third-order valence-electron chi connectivity index (χ3n) is 2.16. The smallest absolute Gasteiger partial charge is 0.126 e. The molecule has 3 N–H and O–H groups in total. The van der Waals surface area contributed by atoms with Crippen molar-refractivity contribution in [2.45, 2.75) is 19.4 Å². The second-order valence-electron chi connectivity index (χ2n) is 3.54. The van der Waals surface area contributed by atoms with Gasteiger partial charge in [-0.05, 0) is 31.0 Å². The van der Waals surface area contributed by atoms with Crippen LogP contribution in [-0.2, 0) is 5.54 Å². The molecule has 1 aromatic carbocycles. The largest absolute Gasteiger partial charge is 0.394 e. The first-order valence-corrected chi connectivity index (χ1v) is 4.14. The van der Waals surface area contributed by atoms with Gasteiger partial charge in [0.15, 0.2) is 0 Å². The molecule has 0 amide bonds. The van der Waals surface area contributed by atoms with E-state index in [0.717, 1.165) is 0 Å². The lowest BCUT2D eigenvalue weighted by Gasteiger charge is -2.22. The van der Waals surface area contributed by atoms with Gasteiger partial charge < -0.3 is 10.8 Å². The Morgan fingerprint density at radius 3 is 2.62 bits per heavy atom. The quantitative estimate of drug-likeness (QED) is 0.726. The second kappa shape index (κ2) is 3.44. The molecule has 3 heteroatoms. The summed E-state index contributed by atoms with van der Waals surface area (Å²) in [5.41, 5.74) is 6.06. The number of hydrogen-bond acceptors (Lipinski definition) is 2. The molecule has 0 aliphatic rings. The predicted octanol–water partition coefficient (Wildman–Crippen LogP) is 1.30. The van der Waals surface area contributed by atoms with Gasteiger partial charge >= 0.3 is 0 Å². The molecule has 0 unspecified atom stereocenters. The van der Waals surface area contributed by atoms with E-state index < -0.39 is 5.54 Å². The summed E-state index contributed by atoms with van der Waals surface area (Å²) in [5, 5.41) is 8.96. The maximum Gasteiger partial charge on any atom is 0.126 e. The van der Waals surface area contributed by atoms with E-state index in [0.29, 0.717) is 11.1 Å². The Labute approximate surface area is 77.2 Å². The highest BCUT2D eigenvalue weighted by molar-refractivity contribution is 5.28. The number of rotatable bonds is 2. The first-order chi connectivity index (χ1) is 5.97. The van der Waals surface area contributed by atoms with Gasteiger partial charge in [-0.3, -0.25) is 0 Å². The molecular weight excluding hydrogens is 169 g/mol. The van der Waals surface area contributed by atoms with Gasteiger partial charge in [0.1, 0.15) is 5.82 Å². The van der Waals surface area contributed by atoms with E-state index in [-0.39, 0.29) is 12.4 Å². The van der Waals surface area contributed by atoms with E-state index in [1.165, 1.54) is 6.07 Å². The van der Waals surface area contributed by atoms with Crippen LogP contribution in [0, 0.1) is 12.7 Å². The van der Waals surface area contributed by atoms with Crippen LogP contribution in [0.3, 0.4) is 0 Å². The van der Waals surface area contributed by atoms with Crippen LogP contribution in [-0.4, -0.2) is 11.7 Å². The molecule has 13 heavy (non-hydrogen) atoms. The number of nitrogens with two attached hydrogens (primary N) is 1. The van der Waals surface area contributed by atoms with Gasteiger partial charge in [-0.2, -0.15) is 0 Å². The summed E-state index contributed by atoms with van der Waals surface area (Å²) in [7, 11) is 0. The highest BCUT2D eigenvalue weighted by Crippen LogP contribution is 2.19. The Hall–Kier alpha value is -0.930. The lowest BCUT2D eigenvalue weighted by molar-refractivity contribution is 0.209. The van der Waals surface area contributed by atoms with Crippen molar-refractivity contribution in [1.82, 2.24) is 0 Å². The van der Waals surface area contributed by atoms with Crippen LogP contribution in [0.5, 0.6) is 0 Å². The molecule has 0 heterocycles. The van der Waals surface area contributed by atoms with E-state index >= 15 is 0 Å². The molecule has 0 aromatic heterocycles. The molecule has 0 saturated heterocycles. The minimum absolute atomic E-state index is 0.199. The summed E-state index contributed by atoms with van der Waals surface area (Å²) in [6.07, 6.45) is 0. The van der Waals surface area contributed by atoms with Crippen molar-refractivity contribution in [2.24, 2.45) is 5.73 Å². The zero-order valence-corrected chi connectivity index (χ0v) is 7.84. The zero-order chi connectivity index (χ0) is 10.1. The number of hydrogen-bond donors (Lipinski definition) is 2. The summed E-state index contributed by atoms with van der Waals surface area (Å²) >= 11 is 0. The first-order valence-electron chi connectivity index (χ1n) is 4.14. The number of benzene rings is 1. The molecule has 0 aliphatic heterocycles. The highest BCUT2D eigenvalue weighted by atomic mass is 19.1. The van der Waals surface area contributed by atoms with Crippen LogP contribution < -0.4 is 5.73 Å². The molecule has 1 aromatic rings. The predicted molar refractivity (Wildman–Crippen MR) is 49.8 cm³/mol. The fourth-order valence-corrected chi connectivity index (χ4v) is 1.04. The number of aliphatic hydroxyl groups excluding tert-OH is 1. The van der Waals surface area contributed by atoms with Crippen molar-refractivity contribution in [3.63, 3.8) is 0 Å². The molecule has 0 radical (unpaired) electrons. The minimum Gasteiger partial charge on any atom is -0.394 e. The lowest BCUT2D eigenvalue weighted by atomic mass is 9.93. The summed E-state index contributed by atoms with van der Waals surface area (Å²) in [5.74, 6) is -0.289. The third kappa shape index (κ3) is 2.05. The fourth-order valence-electron chi connectivity index (χ4n) is 1.04. The Bertz CT molecular complexity index is 310. The van der Waals surface area contributed by atoms with Gasteiger partial charge in [-0.15, -0.1) is 0 Å². The lowest BCUT2D eigenvalue weighted by Crippen LogP contribution is -2.37. The monoisotopic (exact) mass is 183 g/mol. The highest BCUT2D eigenvalue weighted by Gasteiger charge is 2.20. The number of aliphatic hydroxyl groups is 1. The fraction of sp³-hybridized carbons (Fsp3) is 0.400. The Morgan fingerprint density at radius 2 is 2.15 bits per heavy atom. The van der Waals surface area contributed by atoms with Gasteiger partial charge in [0, 0.05) is 0 Å². The summed E-state index contributed by atoms with van der Waals surface area (Å²) in [4.78, 5) is 0. The van der Waals surface area contributed by atoms with Gasteiger partial charge in [0.2, 0.25) is 0 Å². The second-order valence-corrected chi connectivity index (χ2v) is 3.54. The SMILES string of the molecule is Cc1ccc([C@](C)(N)CO)cc1F. The van der Waals surface area contributed by atoms with Crippen LogP contribution in [0.4, 0.5) is 4.39 Å². The van der Waals surface area contributed by atoms with Crippen molar-refractivity contribution >= 4 is 0 Å². The standard InChI is InChI=1S/C10H14FNO/c1-7-3-4-8(5-9(7)11)10(2,12)6-13/h3-5,13H,6,12H2,1-2H3/t10-/m1/s1. The van der Waals surface area contributed by atoms with Crippen LogP contribution in [0.15, 0.2) is 18.2 Å². The van der Waals surface area contributed by atoms with E-state index in [1.54, 1.807) is 26.0 Å². The van der Waals surface area contributed by atoms with Gasteiger partial charge in [0.25, 0.3) is 0 Å². The van der Waals surface area contributed by atoms with Crippen molar-refractivity contribution < 1.29 is 9.50 Å². The molecule has 1 atom stereocenters. The molecule has 0 saturated carbocycles. The molecule has 0 aliphatic carbocycles. The molecule has 1 rings (SSSR count). The molecule has 2 nitrogen and oxygen atoms in total. The van der Waals surface area contributed by atoms with E-state index in [9.17, 15) is 4.39 Å². The van der Waals surface area contributed by atoms with Crippen LogP contribution >= 0.6 is 0 Å². The van der Waals surface area contributed by atoms with Gasteiger partial charge in [-0.25, -0.2) is 4.39 Å². The van der Waals surface area contributed by atoms with E-state index in [4.69, 9.17) is 10.8 Å². The van der Waals surface area contributed by atoms with Crippen molar-refractivity contribution in [3.8, 4) is 0 Å². The topological polar surface area (TPSA) is 46.2 Å². The maximum absolute atomic E-state index is 13.1. The van der Waals surface area contributed by atoms with Gasteiger partial charge in [0.05, 0.1) is 12.1 Å². The Balaban J connectivity index is 3.10. The molecule has 0 bridgehead atoms. The summed E-state index contributed by atoms with van der Waals surface area (Å²) < 4.78 is 13.1. The van der Waals surface area contributed by atoms with Crippen molar-refractivity contribution in [2.75, 3.05) is 6.61 Å². The normalized spacial score (nSPS) is 15.5. The summed E-state index contributed by atoms with van der Waals surface area (Å²) in [6.45, 7) is 3.15. The molecule has 0 spiro atoms. The third-order valence-corrected chi connectivity index (χ3v) is 2.16. The van der Waals surface area contributed by atoms with Crippen molar-refractivity contribution in [1.29, 1.82) is 0 Å². The average molecular weight is 183 g/mol. The number of halogens is 1. The molecular formula is C10H14FNO. The molecule has 0 fully saturated rings.